The van der Waals surface area contributed by atoms with Crippen LogP contribution >= 0.6 is 0 Å². The molecular formula is C16H20N2. The largest absolute Gasteiger partial charge is 0.186 e. The van der Waals surface area contributed by atoms with Gasteiger partial charge in [0.25, 0.3) is 0 Å². The lowest BCUT2D eigenvalue weighted by Crippen LogP contribution is -2.43. The van der Waals surface area contributed by atoms with Gasteiger partial charge >= 0.3 is 0 Å². The van der Waals surface area contributed by atoms with Gasteiger partial charge in [-0.15, -0.1) is 0 Å². The van der Waals surface area contributed by atoms with Crippen molar-refractivity contribution in [2.75, 3.05) is 0 Å². The predicted molar refractivity (Wildman–Crippen MR) is 71.4 cm³/mol. The smallest absolute Gasteiger partial charge is 0.117 e. The fourth-order valence-corrected chi connectivity index (χ4v) is 4.89. The Kier molecular flexibility index (Phi) is 1.71. The van der Waals surface area contributed by atoms with Crippen LogP contribution in [-0.2, 0) is 5.54 Å². The van der Waals surface area contributed by atoms with E-state index in [1.807, 2.05) is 0 Å². The molecule has 0 radical (unpaired) electrons. The molecule has 1 aliphatic heterocycles. The molecule has 1 aromatic rings. The first-order valence-corrected chi connectivity index (χ1v) is 7.04. The van der Waals surface area contributed by atoms with Crippen molar-refractivity contribution < 1.29 is 0 Å². The van der Waals surface area contributed by atoms with Gasteiger partial charge in [-0.05, 0) is 37.2 Å². The average molecular weight is 240 g/mol. The lowest BCUT2D eigenvalue weighted by Gasteiger charge is -2.44. The molecule has 2 fully saturated rings. The van der Waals surface area contributed by atoms with Crippen LogP contribution in [0.4, 0.5) is 0 Å². The molecule has 2 nitrogen and oxygen atoms in total. The first kappa shape index (κ1) is 10.7. The van der Waals surface area contributed by atoms with Gasteiger partial charge in [-0.25, -0.2) is 0 Å². The summed E-state index contributed by atoms with van der Waals surface area (Å²) in [7, 11) is 0. The second-order valence-electron chi connectivity index (χ2n) is 6.90. The van der Waals surface area contributed by atoms with Crippen LogP contribution in [0.1, 0.15) is 39.2 Å². The molecule has 2 bridgehead atoms. The van der Waals surface area contributed by atoms with Crippen LogP contribution in [0.25, 0.3) is 0 Å². The Labute approximate surface area is 109 Å². The van der Waals surface area contributed by atoms with E-state index in [4.69, 9.17) is 10.2 Å². The number of fused-ring (bicyclic) bond motifs is 5. The zero-order valence-electron chi connectivity index (χ0n) is 11.4. The third kappa shape index (κ3) is 0.818. The predicted octanol–water partition coefficient (Wildman–Crippen LogP) is 4.17. The first-order chi connectivity index (χ1) is 8.54. The highest BCUT2D eigenvalue weighted by Crippen LogP contribution is 2.75. The van der Waals surface area contributed by atoms with Crippen molar-refractivity contribution in [2.45, 2.75) is 44.7 Å². The molecule has 2 aliphatic carbocycles. The summed E-state index contributed by atoms with van der Waals surface area (Å²) in [4.78, 5) is 0. The number of benzene rings is 1. The monoisotopic (exact) mass is 240 g/mol. The van der Waals surface area contributed by atoms with E-state index in [0.717, 1.165) is 5.92 Å². The van der Waals surface area contributed by atoms with Crippen molar-refractivity contribution >= 4 is 0 Å². The third-order valence-electron chi connectivity index (χ3n) is 6.38. The fraction of sp³-hybridized carbons (Fsp3) is 0.625. The Bertz CT molecular complexity index is 533. The zero-order valence-corrected chi connectivity index (χ0v) is 11.4. The average Bonchev–Trinajstić information content (AvgIpc) is 2.55. The third-order valence-corrected chi connectivity index (χ3v) is 6.38. The number of hydrogen-bond donors (Lipinski definition) is 0. The molecule has 3 aliphatic rings. The molecule has 4 rings (SSSR count). The van der Waals surface area contributed by atoms with Crippen LogP contribution in [-0.4, -0.2) is 5.54 Å². The molecule has 2 saturated carbocycles. The molecule has 0 saturated heterocycles. The van der Waals surface area contributed by atoms with Crippen LogP contribution in [0, 0.1) is 17.3 Å². The van der Waals surface area contributed by atoms with E-state index in [0.29, 0.717) is 5.92 Å². The molecule has 0 amide bonds. The maximum absolute atomic E-state index is 4.84. The molecule has 0 spiro atoms. The highest BCUT2D eigenvalue weighted by molar-refractivity contribution is 5.40. The van der Waals surface area contributed by atoms with Crippen LogP contribution in [0.15, 0.2) is 40.6 Å². The van der Waals surface area contributed by atoms with Crippen molar-refractivity contribution in [1.29, 1.82) is 0 Å². The van der Waals surface area contributed by atoms with Crippen LogP contribution in [0.3, 0.4) is 0 Å². The standard InChI is InChI=1S/C16H20N2/c1-14(2)15(3)12-9-10-13(12)16(14,18-17-15)11-7-5-4-6-8-11/h4-8,12-13H,9-10H2,1-3H3. The Morgan fingerprint density at radius 2 is 1.61 bits per heavy atom. The van der Waals surface area contributed by atoms with Gasteiger partial charge < -0.3 is 0 Å². The van der Waals surface area contributed by atoms with Gasteiger partial charge in [-0.1, -0.05) is 44.2 Å². The van der Waals surface area contributed by atoms with Gasteiger partial charge in [-0.2, -0.15) is 10.2 Å². The summed E-state index contributed by atoms with van der Waals surface area (Å²) in [6.45, 7) is 7.07. The summed E-state index contributed by atoms with van der Waals surface area (Å²) in [5.41, 5.74) is 1.49. The number of hydrogen-bond acceptors (Lipinski definition) is 2. The quantitative estimate of drug-likeness (QED) is 0.703. The molecule has 0 N–H and O–H groups in total. The molecule has 2 heteroatoms. The van der Waals surface area contributed by atoms with Gasteiger partial charge in [0.05, 0.1) is 5.54 Å². The maximum atomic E-state index is 4.84. The Morgan fingerprint density at radius 3 is 2.17 bits per heavy atom. The minimum Gasteiger partial charge on any atom is -0.186 e. The maximum Gasteiger partial charge on any atom is 0.117 e. The summed E-state index contributed by atoms with van der Waals surface area (Å²) in [5, 5.41) is 9.58. The van der Waals surface area contributed by atoms with E-state index in [2.05, 4.69) is 51.1 Å². The highest BCUT2D eigenvalue weighted by atomic mass is 15.3. The van der Waals surface area contributed by atoms with Gasteiger partial charge in [0.15, 0.2) is 0 Å². The van der Waals surface area contributed by atoms with Gasteiger partial charge in [0.2, 0.25) is 0 Å². The van der Waals surface area contributed by atoms with Gasteiger partial charge in [0, 0.05) is 5.41 Å². The van der Waals surface area contributed by atoms with E-state index in [1.165, 1.54) is 18.4 Å². The minimum absolute atomic E-state index is 0.0474. The Balaban J connectivity index is 1.98. The SMILES string of the molecule is CC12N=NC(c3ccccc3)(C3CCC31)C2(C)C. The lowest BCUT2D eigenvalue weighted by atomic mass is 9.63. The Hall–Kier alpha value is -1.18. The highest BCUT2D eigenvalue weighted by Gasteiger charge is 2.77. The van der Waals surface area contributed by atoms with Crippen LogP contribution < -0.4 is 0 Å². The van der Waals surface area contributed by atoms with Crippen molar-refractivity contribution in [3.63, 3.8) is 0 Å². The second-order valence-corrected chi connectivity index (χ2v) is 6.90. The number of rotatable bonds is 1. The summed E-state index contributed by atoms with van der Waals surface area (Å²) >= 11 is 0. The molecule has 94 valence electrons. The minimum atomic E-state index is -0.0636. The van der Waals surface area contributed by atoms with Crippen LogP contribution in [0.2, 0.25) is 0 Å². The summed E-state index contributed by atoms with van der Waals surface area (Å²) in [5.74, 6) is 1.45. The van der Waals surface area contributed by atoms with Crippen molar-refractivity contribution in [3.05, 3.63) is 35.9 Å². The summed E-state index contributed by atoms with van der Waals surface area (Å²) < 4.78 is 0. The number of nitrogens with zero attached hydrogens (tertiary/aromatic N) is 2. The van der Waals surface area contributed by atoms with Gasteiger partial charge in [-0.3, -0.25) is 0 Å². The molecule has 0 aromatic heterocycles. The normalized spacial score (nSPS) is 46.8. The van der Waals surface area contributed by atoms with Crippen molar-refractivity contribution in [2.24, 2.45) is 27.5 Å². The van der Waals surface area contributed by atoms with Gasteiger partial charge in [0.1, 0.15) is 5.54 Å². The molecule has 18 heavy (non-hydrogen) atoms. The molecule has 4 unspecified atom stereocenters. The lowest BCUT2D eigenvalue weighted by molar-refractivity contribution is 0.0904. The van der Waals surface area contributed by atoms with Crippen molar-refractivity contribution in [3.8, 4) is 0 Å². The molecule has 4 atom stereocenters. The summed E-state index contributed by atoms with van der Waals surface area (Å²) in [6.07, 6.45) is 2.65. The zero-order chi connectivity index (χ0) is 12.6. The second kappa shape index (κ2) is 2.87. The Morgan fingerprint density at radius 1 is 0.944 bits per heavy atom. The van der Waals surface area contributed by atoms with E-state index in [1.54, 1.807) is 0 Å². The van der Waals surface area contributed by atoms with E-state index >= 15 is 0 Å². The van der Waals surface area contributed by atoms with E-state index < -0.39 is 0 Å². The fourth-order valence-electron chi connectivity index (χ4n) is 4.89. The van der Waals surface area contributed by atoms with E-state index in [-0.39, 0.29) is 16.5 Å². The molecule has 1 aromatic carbocycles. The van der Waals surface area contributed by atoms with Crippen molar-refractivity contribution in [1.82, 2.24) is 0 Å². The van der Waals surface area contributed by atoms with E-state index in [9.17, 15) is 0 Å². The summed E-state index contributed by atoms with van der Waals surface area (Å²) in [6, 6.07) is 10.8. The van der Waals surface area contributed by atoms with Crippen LogP contribution in [0.5, 0.6) is 0 Å². The number of azo groups is 1. The molecule has 1 heterocycles. The molecular weight excluding hydrogens is 220 g/mol. The first-order valence-electron chi connectivity index (χ1n) is 7.04. The topological polar surface area (TPSA) is 24.7 Å².